The molecule has 0 aliphatic carbocycles. The van der Waals surface area contributed by atoms with E-state index in [4.69, 9.17) is 4.74 Å². The van der Waals surface area contributed by atoms with E-state index in [0.717, 1.165) is 41.2 Å². The molecular weight excluding hydrogens is 404 g/mol. The molecule has 0 saturated carbocycles. The number of Topliss-reactive ketones (excluding diaryl/α,β-unsaturated/α-hetero) is 1. The summed E-state index contributed by atoms with van der Waals surface area (Å²) in [5.41, 5.74) is 4.81. The molecule has 3 aromatic rings. The highest BCUT2D eigenvalue weighted by Gasteiger charge is 2.33. The van der Waals surface area contributed by atoms with Crippen LogP contribution in [0.2, 0.25) is 0 Å². The van der Waals surface area contributed by atoms with Gasteiger partial charge in [-0.2, -0.15) is 0 Å². The second kappa shape index (κ2) is 8.96. The highest BCUT2D eigenvalue weighted by Crippen LogP contribution is 2.38. The fourth-order valence-corrected chi connectivity index (χ4v) is 4.51. The van der Waals surface area contributed by atoms with Crippen LogP contribution in [0, 0.1) is 5.92 Å². The summed E-state index contributed by atoms with van der Waals surface area (Å²) in [6.07, 6.45) is 5.73. The highest BCUT2D eigenvalue weighted by molar-refractivity contribution is 6.09. The molecule has 0 bridgehead atoms. The average Bonchev–Trinajstić information content (AvgIpc) is 3.19. The molecule has 2 N–H and O–H groups in total. The average molecular weight is 431 g/mol. The minimum absolute atomic E-state index is 0.0357. The number of aromatic nitrogens is 2. The maximum atomic E-state index is 13.3. The van der Waals surface area contributed by atoms with Crippen molar-refractivity contribution in [1.29, 1.82) is 0 Å². The molecule has 1 amide bonds. The minimum atomic E-state index is -0.0541. The van der Waals surface area contributed by atoms with Gasteiger partial charge in [0.25, 0.3) is 0 Å². The summed E-state index contributed by atoms with van der Waals surface area (Å²) in [6, 6.07) is 13.6. The molecule has 7 heteroatoms. The fourth-order valence-electron chi connectivity index (χ4n) is 4.51. The highest BCUT2D eigenvalue weighted by atomic mass is 16.5. The van der Waals surface area contributed by atoms with Gasteiger partial charge in [0.05, 0.1) is 30.0 Å². The molecular formula is C25H26N4O3. The number of anilines is 2. The number of nitrogens with one attached hydrogen (secondary N) is 2. The molecule has 1 saturated heterocycles. The molecule has 2 aliphatic heterocycles. The Kier molecular flexibility index (Phi) is 5.73. The van der Waals surface area contributed by atoms with Crippen molar-refractivity contribution in [3.63, 3.8) is 0 Å². The number of fused-ring (bicyclic) bond motifs is 1. The lowest BCUT2D eigenvalue weighted by Crippen LogP contribution is -2.40. The van der Waals surface area contributed by atoms with Crippen molar-refractivity contribution in [1.82, 2.24) is 14.9 Å². The molecule has 0 unspecified atom stereocenters. The van der Waals surface area contributed by atoms with E-state index in [-0.39, 0.29) is 18.2 Å². The summed E-state index contributed by atoms with van der Waals surface area (Å²) in [5, 5.41) is 3.43. The zero-order valence-electron chi connectivity index (χ0n) is 17.8. The molecule has 0 atom stereocenters. The van der Waals surface area contributed by atoms with E-state index >= 15 is 0 Å². The normalized spacial score (nSPS) is 16.6. The van der Waals surface area contributed by atoms with Gasteiger partial charge in [-0.1, -0.05) is 18.2 Å². The number of rotatable bonds is 5. The first kappa shape index (κ1) is 20.5. The molecule has 5 rings (SSSR count). The predicted molar refractivity (Wildman–Crippen MR) is 122 cm³/mol. The summed E-state index contributed by atoms with van der Waals surface area (Å²) >= 11 is 0. The molecule has 0 radical (unpaired) electrons. The summed E-state index contributed by atoms with van der Waals surface area (Å²) in [6.45, 7) is 1.92. The number of H-pyrrole nitrogens is 1. The van der Waals surface area contributed by atoms with Crippen LogP contribution in [0.1, 0.15) is 35.3 Å². The number of benzene rings is 1. The number of para-hydroxylation sites is 1. The maximum Gasteiger partial charge on any atom is 0.223 e. The van der Waals surface area contributed by atoms with Crippen molar-refractivity contribution < 1.29 is 14.3 Å². The van der Waals surface area contributed by atoms with Gasteiger partial charge < -0.3 is 19.9 Å². The molecule has 2 aliphatic rings. The van der Waals surface area contributed by atoms with Gasteiger partial charge in [-0.05, 0) is 43.0 Å². The summed E-state index contributed by atoms with van der Waals surface area (Å²) in [4.78, 5) is 35.5. The Bertz CT molecular complexity index is 1100. The van der Waals surface area contributed by atoms with Crippen molar-refractivity contribution in [2.24, 2.45) is 5.92 Å². The van der Waals surface area contributed by atoms with Crippen molar-refractivity contribution >= 4 is 23.1 Å². The molecule has 1 aromatic carbocycles. The van der Waals surface area contributed by atoms with Gasteiger partial charge in [0.15, 0.2) is 5.78 Å². The Balaban J connectivity index is 1.46. The van der Waals surface area contributed by atoms with Gasteiger partial charge in [-0.15, -0.1) is 0 Å². The topological polar surface area (TPSA) is 87.3 Å². The number of aromatic amines is 1. The third-order valence-electron chi connectivity index (χ3n) is 6.21. The van der Waals surface area contributed by atoms with E-state index in [2.05, 4.69) is 15.3 Å². The summed E-state index contributed by atoms with van der Waals surface area (Å²) < 4.78 is 5.40. The van der Waals surface area contributed by atoms with Crippen molar-refractivity contribution in [3.8, 4) is 11.3 Å². The second-order valence-electron chi connectivity index (χ2n) is 8.39. The van der Waals surface area contributed by atoms with E-state index < -0.39 is 0 Å². The number of hydrogen-bond donors (Lipinski definition) is 2. The van der Waals surface area contributed by atoms with E-state index in [9.17, 15) is 9.59 Å². The first-order chi connectivity index (χ1) is 15.7. The van der Waals surface area contributed by atoms with Crippen LogP contribution in [-0.2, 0) is 16.1 Å². The third-order valence-corrected chi connectivity index (χ3v) is 6.21. The summed E-state index contributed by atoms with van der Waals surface area (Å²) in [5.74, 6) is 0.314. The van der Waals surface area contributed by atoms with Gasteiger partial charge >= 0.3 is 0 Å². The first-order valence-electron chi connectivity index (χ1n) is 11.0. The van der Waals surface area contributed by atoms with Crippen LogP contribution >= 0.6 is 0 Å². The first-order valence-corrected chi connectivity index (χ1v) is 11.0. The van der Waals surface area contributed by atoms with Crippen molar-refractivity contribution in [2.75, 3.05) is 25.1 Å². The van der Waals surface area contributed by atoms with Crippen LogP contribution in [0.25, 0.3) is 11.3 Å². The number of ether oxygens (including phenoxy) is 1. The molecule has 2 aromatic heterocycles. The monoisotopic (exact) mass is 430 g/mol. The summed E-state index contributed by atoms with van der Waals surface area (Å²) in [7, 11) is 0. The van der Waals surface area contributed by atoms with Crippen LogP contribution in [0.15, 0.2) is 54.9 Å². The van der Waals surface area contributed by atoms with Crippen LogP contribution in [0.4, 0.5) is 11.4 Å². The standard InChI is InChI=1S/C25H26N4O3/c30-21-16-29(22(31)14-17-8-12-32-13-9-17)15-20-23(21)25(27-19-4-2-1-3-5-19)24(28-20)18-6-10-26-11-7-18/h1-7,10-11,17,27-28H,8-9,12-16H2. The largest absolute Gasteiger partial charge is 0.381 e. The molecule has 4 heterocycles. The molecule has 0 spiro atoms. The Morgan fingerprint density at radius 3 is 2.59 bits per heavy atom. The quantitative estimate of drug-likeness (QED) is 0.635. The van der Waals surface area contributed by atoms with Gasteiger partial charge in [0.2, 0.25) is 5.91 Å². The number of amides is 1. The van der Waals surface area contributed by atoms with Gasteiger partial charge in [-0.3, -0.25) is 14.6 Å². The zero-order valence-corrected chi connectivity index (χ0v) is 17.8. The van der Waals surface area contributed by atoms with Crippen molar-refractivity contribution in [2.45, 2.75) is 25.8 Å². The van der Waals surface area contributed by atoms with E-state index in [0.29, 0.717) is 37.7 Å². The molecule has 164 valence electrons. The third kappa shape index (κ3) is 4.16. The Labute approximate surface area is 186 Å². The molecule has 32 heavy (non-hydrogen) atoms. The van der Waals surface area contributed by atoms with Gasteiger partial charge in [0.1, 0.15) is 0 Å². The number of nitrogens with zero attached hydrogens (tertiary/aromatic N) is 2. The fraction of sp³-hybridized carbons (Fsp3) is 0.320. The maximum absolute atomic E-state index is 13.3. The van der Waals surface area contributed by atoms with Crippen LogP contribution in [0.3, 0.4) is 0 Å². The predicted octanol–water partition coefficient (Wildman–Crippen LogP) is 4.16. The SMILES string of the molecule is O=C1CN(C(=O)CC2CCOCC2)Cc2[nH]c(-c3ccncc3)c(Nc3ccccc3)c21. The van der Waals surface area contributed by atoms with Crippen LogP contribution in [0.5, 0.6) is 0 Å². The smallest absolute Gasteiger partial charge is 0.223 e. The molecule has 7 nitrogen and oxygen atoms in total. The van der Waals surface area contributed by atoms with E-state index in [1.807, 2.05) is 42.5 Å². The lowest BCUT2D eigenvalue weighted by Gasteiger charge is -2.29. The van der Waals surface area contributed by atoms with Gasteiger partial charge in [0, 0.05) is 49.0 Å². The minimum Gasteiger partial charge on any atom is -0.381 e. The zero-order chi connectivity index (χ0) is 21.9. The lowest BCUT2D eigenvalue weighted by atomic mass is 9.95. The van der Waals surface area contributed by atoms with Crippen molar-refractivity contribution in [3.05, 3.63) is 66.1 Å². The Morgan fingerprint density at radius 2 is 1.84 bits per heavy atom. The van der Waals surface area contributed by atoms with E-state index in [1.54, 1.807) is 17.3 Å². The van der Waals surface area contributed by atoms with Gasteiger partial charge in [-0.25, -0.2) is 0 Å². The lowest BCUT2D eigenvalue weighted by molar-refractivity contribution is -0.133. The molecule has 1 fully saturated rings. The number of ketones is 1. The number of hydrogen-bond acceptors (Lipinski definition) is 5. The second-order valence-corrected chi connectivity index (χ2v) is 8.39. The number of carbonyl (C=O) groups excluding carboxylic acids is 2. The Hall–Kier alpha value is -3.45. The van der Waals surface area contributed by atoms with E-state index in [1.165, 1.54) is 0 Å². The number of carbonyl (C=O) groups is 2. The number of pyridine rings is 1. The van der Waals surface area contributed by atoms with Crippen LogP contribution in [-0.4, -0.2) is 46.3 Å². The van der Waals surface area contributed by atoms with Crippen LogP contribution < -0.4 is 5.32 Å². The Morgan fingerprint density at radius 1 is 1.09 bits per heavy atom.